The van der Waals surface area contributed by atoms with Gasteiger partial charge in [0.05, 0.1) is 17.9 Å². The molecule has 128 valence electrons. The van der Waals surface area contributed by atoms with Gasteiger partial charge in [-0.25, -0.2) is 9.59 Å². The number of hydrogen-bond donors (Lipinski definition) is 2. The first kappa shape index (κ1) is 16.6. The van der Waals surface area contributed by atoms with Gasteiger partial charge in [0.1, 0.15) is 0 Å². The van der Waals surface area contributed by atoms with E-state index in [1.54, 1.807) is 31.2 Å². The molecule has 3 aromatic rings. The number of carbonyl (C=O) groups excluding carboxylic acids is 2. The topological polar surface area (TPSA) is 72.4 Å². The molecule has 0 atom stereocenters. The Labute approximate surface area is 145 Å². The van der Waals surface area contributed by atoms with E-state index in [-0.39, 0.29) is 12.0 Å². The minimum atomic E-state index is -0.380. The normalized spacial score (nSPS) is 10.5. The molecular weight excluding hydrogens is 318 g/mol. The van der Waals surface area contributed by atoms with E-state index in [1.807, 2.05) is 42.1 Å². The Morgan fingerprint density at radius 3 is 2.48 bits per heavy atom. The van der Waals surface area contributed by atoms with Crippen LogP contribution in [0.2, 0.25) is 0 Å². The van der Waals surface area contributed by atoms with Gasteiger partial charge in [-0.2, -0.15) is 0 Å². The second kappa shape index (κ2) is 7.09. The Morgan fingerprint density at radius 1 is 1.04 bits per heavy atom. The molecule has 0 bridgehead atoms. The second-order valence-corrected chi connectivity index (χ2v) is 5.55. The molecule has 2 amide bonds. The van der Waals surface area contributed by atoms with E-state index in [9.17, 15) is 9.59 Å². The van der Waals surface area contributed by atoms with Gasteiger partial charge in [-0.05, 0) is 37.3 Å². The molecule has 25 heavy (non-hydrogen) atoms. The van der Waals surface area contributed by atoms with Crippen LogP contribution >= 0.6 is 0 Å². The number of nitrogens with zero attached hydrogens (tertiary/aromatic N) is 1. The SMILES string of the molecule is CCOC(=O)c1ccc(NC(=O)Nc2cn(C)c3ccccc23)cc1. The molecule has 6 heteroatoms. The van der Waals surface area contributed by atoms with E-state index >= 15 is 0 Å². The lowest BCUT2D eigenvalue weighted by Crippen LogP contribution is -2.19. The Balaban J connectivity index is 1.69. The molecule has 0 aliphatic rings. The van der Waals surface area contributed by atoms with Crippen molar-refractivity contribution in [3.63, 3.8) is 0 Å². The number of rotatable bonds is 4. The number of esters is 1. The van der Waals surface area contributed by atoms with Crippen LogP contribution < -0.4 is 10.6 Å². The van der Waals surface area contributed by atoms with Gasteiger partial charge in [0, 0.05) is 29.8 Å². The van der Waals surface area contributed by atoms with Crippen molar-refractivity contribution < 1.29 is 14.3 Å². The van der Waals surface area contributed by atoms with Crippen molar-refractivity contribution in [3.8, 4) is 0 Å². The summed E-state index contributed by atoms with van der Waals surface area (Å²) in [6.45, 7) is 2.08. The number of carbonyl (C=O) groups is 2. The summed E-state index contributed by atoms with van der Waals surface area (Å²) in [5, 5.41) is 6.57. The molecule has 0 saturated carbocycles. The lowest BCUT2D eigenvalue weighted by molar-refractivity contribution is 0.0526. The van der Waals surface area contributed by atoms with Crippen LogP contribution in [0.5, 0.6) is 0 Å². The first-order chi connectivity index (χ1) is 12.1. The van der Waals surface area contributed by atoms with Crippen molar-refractivity contribution in [2.45, 2.75) is 6.92 Å². The molecule has 0 spiro atoms. The maximum Gasteiger partial charge on any atom is 0.338 e. The Hall–Kier alpha value is -3.28. The van der Waals surface area contributed by atoms with Crippen LogP contribution in [0.1, 0.15) is 17.3 Å². The number of benzene rings is 2. The summed E-state index contributed by atoms with van der Waals surface area (Å²) in [5.41, 5.74) is 2.81. The number of nitrogens with one attached hydrogen (secondary N) is 2. The van der Waals surface area contributed by atoms with Gasteiger partial charge in [0.2, 0.25) is 0 Å². The number of para-hydroxylation sites is 1. The highest BCUT2D eigenvalue weighted by molar-refractivity contribution is 6.06. The van der Waals surface area contributed by atoms with Crippen molar-refractivity contribution in [1.29, 1.82) is 0 Å². The van der Waals surface area contributed by atoms with Crippen LogP contribution in [-0.4, -0.2) is 23.2 Å². The summed E-state index contributed by atoms with van der Waals surface area (Å²) in [5.74, 6) is -0.380. The number of aryl methyl sites for hydroxylation is 1. The van der Waals surface area contributed by atoms with Crippen molar-refractivity contribution in [1.82, 2.24) is 4.57 Å². The molecular formula is C19H19N3O3. The molecule has 2 N–H and O–H groups in total. The van der Waals surface area contributed by atoms with Gasteiger partial charge in [-0.3, -0.25) is 0 Å². The predicted molar refractivity (Wildman–Crippen MR) is 98.0 cm³/mol. The van der Waals surface area contributed by atoms with E-state index in [4.69, 9.17) is 4.74 Å². The van der Waals surface area contributed by atoms with Gasteiger partial charge in [0.25, 0.3) is 0 Å². The third-order valence-electron chi connectivity index (χ3n) is 3.80. The molecule has 0 saturated heterocycles. The average Bonchev–Trinajstić information content (AvgIpc) is 2.92. The standard InChI is InChI=1S/C19H19N3O3/c1-3-25-18(23)13-8-10-14(11-9-13)20-19(24)21-16-12-22(2)17-7-5-4-6-15(16)17/h4-12H,3H2,1-2H3,(H2,20,21,24). The number of aromatic nitrogens is 1. The number of fused-ring (bicyclic) bond motifs is 1. The van der Waals surface area contributed by atoms with E-state index < -0.39 is 0 Å². The van der Waals surface area contributed by atoms with E-state index in [1.165, 1.54) is 0 Å². The summed E-state index contributed by atoms with van der Waals surface area (Å²) < 4.78 is 6.89. The van der Waals surface area contributed by atoms with E-state index in [0.717, 1.165) is 16.6 Å². The number of urea groups is 1. The van der Waals surface area contributed by atoms with E-state index in [0.29, 0.717) is 17.9 Å². The minimum Gasteiger partial charge on any atom is -0.462 e. The van der Waals surface area contributed by atoms with Crippen LogP contribution in [0, 0.1) is 0 Å². The summed E-state index contributed by atoms with van der Waals surface area (Å²) in [7, 11) is 1.93. The number of anilines is 2. The maximum absolute atomic E-state index is 12.2. The van der Waals surface area contributed by atoms with Gasteiger partial charge < -0.3 is 19.9 Å². The lowest BCUT2D eigenvalue weighted by atomic mass is 10.2. The van der Waals surface area contributed by atoms with Gasteiger partial charge in [-0.1, -0.05) is 18.2 Å². The van der Waals surface area contributed by atoms with Crippen molar-refractivity contribution in [2.24, 2.45) is 7.05 Å². The molecule has 6 nitrogen and oxygen atoms in total. The molecule has 0 radical (unpaired) electrons. The third kappa shape index (κ3) is 3.63. The largest absolute Gasteiger partial charge is 0.462 e. The molecule has 1 aromatic heterocycles. The third-order valence-corrected chi connectivity index (χ3v) is 3.80. The smallest absolute Gasteiger partial charge is 0.338 e. The highest BCUT2D eigenvalue weighted by atomic mass is 16.5. The molecule has 3 rings (SSSR count). The van der Waals surface area contributed by atoms with Crippen molar-refractivity contribution in [3.05, 3.63) is 60.3 Å². The first-order valence-electron chi connectivity index (χ1n) is 7.97. The summed E-state index contributed by atoms with van der Waals surface area (Å²) >= 11 is 0. The van der Waals surface area contributed by atoms with Crippen LogP contribution in [0.4, 0.5) is 16.2 Å². The van der Waals surface area contributed by atoms with Crippen LogP contribution in [0.3, 0.4) is 0 Å². The first-order valence-corrected chi connectivity index (χ1v) is 7.97. The summed E-state index contributed by atoms with van der Waals surface area (Å²) in [6.07, 6.45) is 1.87. The fraction of sp³-hybridized carbons (Fsp3) is 0.158. The minimum absolute atomic E-state index is 0.326. The van der Waals surface area contributed by atoms with Gasteiger partial charge >= 0.3 is 12.0 Å². The molecule has 2 aromatic carbocycles. The summed E-state index contributed by atoms with van der Waals surface area (Å²) in [6, 6.07) is 14.0. The predicted octanol–water partition coefficient (Wildman–Crippen LogP) is 4.00. The van der Waals surface area contributed by atoms with E-state index in [2.05, 4.69) is 10.6 Å². The monoisotopic (exact) mass is 337 g/mol. The fourth-order valence-electron chi connectivity index (χ4n) is 2.63. The van der Waals surface area contributed by atoms with Crippen molar-refractivity contribution >= 4 is 34.3 Å². The quantitative estimate of drug-likeness (QED) is 0.707. The fourth-order valence-corrected chi connectivity index (χ4v) is 2.63. The number of hydrogen-bond acceptors (Lipinski definition) is 3. The Bertz CT molecular complexity index is 913. The van der Waals surface area contributed by atoms with Crippen LogP contribution in [0.25, 0.3) is 10.9 Å². The Kier molecular flexibility index (Phi) is 4.70. The lowest BCUT2D eigenvalue weighted by Gasteiger charge is -2.08. The van der Waals surface area contributed by atoms with Crippen LogP contribution in [-0.2, 0) is 11.8 Å². The van der Waals surface area contributed by atoms with Crippen LogP contribution in [0.15, 0.2) is 54.7 Å². The Morgan fingerprint density at radius 2 is 1.76 bits per heavy atom. The molecule has 0 unspecified atom stereocenters. The van der Waals surface area contributed by atoms with Gasteiger partial charge in [-0.15, -0.1) is 0 Å². The zero-order chi connectivity index (χ0) is 17.8. The summed E-state index contributed by atoms with van der Waals surface area (Å²) in [4.78, 5) is 23.9. The highest BCUT2D eigenvalue weighted by Crippen LogP contribution is 2.25. The van der Waals surface area contributed by atoms with Gasteiger partial charge in [0.15, 0.2) is 0 Å². The zero-order valence-electron chi connectivity index (χ0n) is 14.1. The molecule has 1 heterocycles. The van der Waals surface area contributed by atoms with Crippen molar-refractivity contribution in [2.75, 3.05) is 17.2 Å². The average molecular weight is 337 g/mol. The number of amides is 2. The highest BCUT2D eigenvalue weighted by Gasteiger charge is 2.10. The number of ether oxygens (including phenoxy) is 1. The molecule has 0 fully saturated rings. The zero-order valence-corrected chi connectivity index (χ0v) is 14.1. The molecule has 0 aliphatic carbocycles. The second-order valence-electron chi connectivity index (χ2n) is 5.55. The molecule has 0 aliphatic heterocycles. The maximum atomic E-state index is 12.2.